The maximum absolute atomic E-state index is 12.3. The number of nitrogens with one attached hydrogen (secondary N) is 1. The number of hydrogen-bond acceptors (Lipinski definition) is 7. The lowest BCUT2D eigenvalue weighted by Gasteiger charge is -2.03. The first-order valence-electron chi connectivity index (χ1n) is 8.62. The second kappa shape index (κ2) is 9.03. The van der Waals surface area contributed by atoms with E-state index in [1.54, 1.807) is 54.2 Å². The third-order valence-electron chi connectivity index (χ3n) is 3.80. The lowest BCUT2D eigenvalue weighted by atomic mass is 10.2. The van der Waals surface area contributed by atoms with E-state index in [2.05, 4.69) is 22.4 Å². The average Bonchev–Trinajstić information content (AvgIpc) is 3.15. The molecular formula is C19H19N3O4S2. The molecule has 0 aliphatic heterocycles. The van der Waals surface area contributed by atoms with Gasteiger partial charge in [-0.25, -0.2) is 8.42 Å². The van der Waals surface area contributed by atoms with Crippen LogP contribution in [0.5, 0.6) is 0 Å². The monoisotopic (exact) mass is 417 g/mol. The maximum Gasteiger partial charge on any atom is 0.322 e. The molecule has 0 fully saturated rings. The molecule has 9 heteroatoms. The molecule has 1 N–H and O–H groups in total. The summed E-state index contributed by atoms with van der Waals surface area (Å²) in [5.74, 6) is 0.559. The molecule has 0 aliphatic carbocycles. The van der Waals surface area contributed by atoms with E-state index in [0.29, 0.717) is 5.56 Å². The molecule has 0 saturated carbocycles. The van der Waals surface area contributed by atoms with Crippen LogP contribution in [0.4, 0.5) is 6.01 Å². The van der Waals surface area contributed by atoms with Crippen molar-refractivity contribution in [2.24, 2.45) is 0 Å². The summed E-state index contributed by atoms with van der Waals surface area (Å²) in [5, 5.41) is 10.1. The van der Waals surface area contributed by atoms with Gasteiger partial charge in [-0.15, -0.1) is 16.9 Å². The predicted octanol–water partition coefficient (Wildman–Crippen LogP) is 3.45. The normalized spacial score (nSPS) is 11.3. The van der Waals surface area contributed by atoms with Crippen LogP contribution in [0.3, 0.4) is 0 Å². The van der Waals surface area contributed by atoms with Gasteiger partial charge in [0.1, 0.15) is 0 Å². The summed E-state index contributed by atoms with van der Waals surface area (Å²) in [6, 6.07) is 15.3. The van der Waals surface area contributed by atoms with Crippen molar-refractivity contribution >= 4 is 33.5 Å². The van der Waals surface area contributed by atoms with Gasteiger partial charge in [-0.05, 0) is 42.2 Å². The molecule has 146 valence electrons. The Morgan fingerprint density at radius 1 is 1.07 bits per heavy atom. The third-order valence-corrected chi connectivity index (χ3v) is 6.43. The molecular weight excluding hydrogens is 398 g/mol. The molecule has 0 aliphatic rings. The Morgan fingerprint density at radius 3 is 2.46 bits per heavy atom. The number of aryl methyl sites for hydroxylation is 1. The number of rotatable bonds is 8. The van der Waals surface area contributed by atoms with Crippen molar-refractivity contribution in [3.8, 4) is 0 Å². The molecule has 1 heterocycles. The van der Waals surface area contributed by atoms with Gasteiger partial charge in [-0.2, -0.15) is 0 Å². The number of anilines is 1. The Balaban J connectivity index is 1.58. The SMILES string of the molecule is CCSc1ccc(C(=O)Nc2nnc(CCS(=O)(=O)c3ccccc3)o2)cc1. The van der Waals surface area contributed by atoms with Crippen molar-refractivity contribution in [2.75, 3.05) is 16.8 Å². The number of thioether (sulfide) groups is 1. The zero-order valence-corrected chi connectivity index (χ0v) is 16.8. The Labute approximate surface area is 167 Å². The van der Waals surface area contributed by atoms with Crippen LogP contribution in [0.15, 0.2) is 68.8 Å². The molecule has 0 unspecified atom stereocenters. The molecule has 28 heavy (non-hydrogen) atoms. The van der Waals surface area contributed by atoms with Crippen LogP contribution >= 0.6 is 11.8 Å². The molecule has 1 aromatic heterocycles. The van der Waals surface area contributed by atoms with Crippen molar-refractivity contribution in [2.45, 2.75) is 23.1 Å². The van der Waals surface area contributed by atoms with E-state index < -0.39 is 9.84 Å². The van der Waals surface area contributed by atoms with Crippen LogP contribution in [0, 0.1) is 0 Å². The number of nitrogens with zero attached hydrogens (tertiary/aromatic N) is 2. The van der Waals surface area contributed by atoms with Gasteiger partial charge in [0, 0.05) is 16.9 Å². The quantitative estimate of drug-likeness (QED) is 0.560. The van der Waals surface area contributed by atoms with E-state index in [4.69, 9.17) is 4.42 Å². The smallest absolute Gasteiger partial charge is 0.322 e. The van der Waals surface area contributed by atoms with Crippen LogP contribution in [0.2, 0.25) is 0 Å². The highest BCUT2D eigenvalue weighted by Gasteiger charge is 2.17. The molecule has 0 saturated heterocycles. The molecule has 2 aromatic carbocycles. The van der Waals surface area contributed by atoms with Gasteiger partial charge in [0.25, 0.3) is 5.91 Å². The number of carbonyl (C=O) groups is 1. The minimum absolute atomic E-state index is 0.0586. The van der Waals surface area contributed by atoms with Gasteiger partial charge >= 0.3 is 6.01 Å². The largest absolute Gasteiger partial charge is 0.408 e. The highest BCUT2D eigenvalue weighted by atomic mass is 32.2. The van der Waals surface area contributed by atoms with Gasteiger partial charge in [-0.3, -0.25) is 10.1 Å². The van der Waals surface area contributed by atoms with E-state index in [-0.39, 0.29) is 34.9 Å². The van der Waals surface area contributed by atoms with E-state index in [1.165, 1.54) is 0 Å². The van der Waals surface area contributed by atoms with Crippen molar-refractivity contribution in [1.82, 2.24) is 10.2 Å². The van der Waals surface area contributed by atoms with Crippen molar-refractivity contribution in [3.63, 3.8) is 0 Å². The second-order valence-corrected chi connectivity index (χ2v) is 9.24. The standard InChI is InChI=1S/C19H19N3O4S2/c1-2-27-15-10-8-14(9-11-15)18(23)20-19-22-21-17(26-19)12-13-28(24,25)16-6-4-3-5-7-16/h3-11H,2,12-13H2,1H3,(H,20,22,23). The summed E-state index contributed by atoms with van der Waals surface area (Å²) in [4.78, 5) is 13.6. The van der Waals surface area contributed by atoms with Gasteiger partial charge in [0.05, 0.1) is 10.6 Å². The Hall–Kier alpha value is -2.65. The predicted molar refractivity (Wildman–Crippen MR) is 107 cm³/mol. The fraction of sp³-hybridized carbons (Fsp3) is 0.211. The Morgan fingerprint density at radius 2 is 1.79 bits per heavy atom. The molecule has 3 rings (SSSR count). The molecule has 0 radical (unpaired) electrons. The topological polar surface area (TPSA) is 102 Å². The van der Waals surface area contributed by atoms with E-state index in [1.807, 2.05) is 12.1 Å². The first kappa shape index (κ1) is 20.1. The number of hydrogen-bond donors (Lipinski definition) is 1. The van der Waals surface area contributed by atoms with E-state index in [9.17, 15) is 13.2 Å². The van der Waals surface area contributed by atoms with Crippen LogP contribution < -0.4 is 5.32 Å². The summed E-state index contributed by atoms with van der Waals surface area (Å²) < 4.78 is 29.9. The first-order chi connectivity index (χ1) is 13.5. The van der Waals surface area contributed by atoms with Gasteiger partial charge in [-0.1, -0.05) is 30.2 Å². The first-order valence-corrected chi connectivity index (χ1v) is 11.3. The van der Waals surface area contributed by atoms with Crippen LogP contribution in [-0.4, -0.2) is 36.0 Å². The van der Waals surface area contributed by atoms with Gasteiger partial charge in [0.2, 0.25) is 5.89 Å². The summed E-state index contributed by atoms with van der Waals surface area (Å²) in [6.07, 6.45) is 0.0586. The summed E-state index contributed by atoms with van der Waals surface area (Å²) in [6.45, 7) is 2.06. The molecule has 0 spiro atoms. The zero-order valence-electron chi connectivity index (χ0n) is 15.2. The van der Waals surface area contributed by atoms with Crippen molar-refractivity contribution < 1.29 is 17.6 Å². The molecule has 3 aromatic rings. The van der Waals surface area contributed by atoms with Crippen LogP contribution in [0.1, 0.15) is 23.2 Å². The number of benzene rings is 2. The summed E-state index contributed by atoms with van der Waals surface area (Å²) >= 11 is 1.69. The van der Waals surface area contributed by atoms with Crippen molar-refractivity contribution in [1.29, 1.82) is 0 Å². The molecule has 1 amide bonds. The molecule has 7 nitrogen and oxygen atoms in total. The molecule has 0 atom stereocenters. The van der Waals surface area contributed by atoms with Crippen molar-refractivity contribution in [3.05, 3.63) is 66.1 Å². The number of sulfone groups is 1. The summed E-state index contributed by atoms with van der Waals surface area (Å²) in [5.41, 5.74) is 0.465. The highest BCUT2D eigenvalue weighted by molar-refractivity contribution is 7.99. The number of carbonyl (C=O) groups excluding carboxylic acids is 1. The van der Waals surface area contributed by atoms with Crippen LogP contribution in [0.25, 0.3) is 0 Å². The minimum Gasteiger partial charge on any atom is -0.408 e. The average molecular weight is 418 g/mol. The van der Waals surface area contributed by atoms with Gasteiger partial charge < -0.3 is 4.42 Å². The lowest BCUT2D eigenvalue weighted by Crippen LogP contribution is -2.12. The van der Waals surface area contributed by atoms with E-state index in [0.717, 1.165) is 10.6 Å². The highest BCUT2D eigenvalue weighted by Crippen LogP contribution is 2.18. The Kier molecular flexibility index (Phi) is 6.48. The number of aromatic nitrogens is 2. The third kappa shape index (κ3) is 5.20. The maximum atomic E-state index is 12.3. The lowest BCUT2D eigenvalue weighted by molar-refractivity contribution is 0.102. The van der Waals surface area contributed by atoms with Crippen LogP contribution in [-0.2, 0) is 16.3 Å². The minimum atomic E-state index is -3.44. The zero-order chi connectivity index (χ0) is 20.0. The second-order valence-electron chi connectivity index (χ2n) is 5.79. The summed E-state index contributed by atoms with van der Waals surface area (Å²) in [7, 11) is -3.44. The Bertz CT molecular complexity index is 1030. The van der Waals surface area contributed by atoms with E-state index >= 15 is 0 Å². The fourth-order valence-electron chi connectivity index (χ4n) is 2.41. The number of amides is 1. The molecule has 0 bridgehead atoms. The van der Waals surface area contributed by atoms with Gasteiger partial charge in [0.15, 0.2) is 9.84 Å². The fourth-order valence-corrected chi connectivity index (χ4v) is 4.32.